The molecule has 9 heteroatoms. The minimum atomic E-state index is -0.904. The molecule has 0 aliphatic carbocycles. The first-order chi connectivity index (χ1) is 13.8. The van der Waals surface area contributed by atoms with E-state index in [1.54, 1.807) is 17.7 Å². The Bertz CT molecular complexity index is 1160. The van der Waals surface area contributed by atoms with Crippen molar-refractivity contribution in [1.29, 1.82) is 0 Å². The molecule has 1 atom stereocenters. The van der Waals surface area contributed by atoms with Crippen LogP contribution in [0.5, 0.6) is 5.75 Å². The van der Waals surface area contributed by atoms with Crippen LogP contribution >= 0.6 is 0 Å². The number of fused-ring (bicyclic) bond motifs is 1. The first kappa shape index (κ1) is 20.4. The molecule has 1 aromatic carbocycles. The summed E-state index contributed by atoms with van der Waals surface area (Å²) in [5.41, 5.74) is 0.498. The highest BCUT2D eigenvalue weighted by Crippen LogP contribution is 2.18. The molecule has 2 heterocycles. The maximum atomic E-state index is 12.7. The number of aliphatic hydroxyl groups is 1. The third-order valence-corrected chi connectivity index (χ3v) is 4.67. The van der Waals surface area contributed by atoms with Crippen LogP contribution in [0.4, 0.5) is 5.95 Å². The zero-order valence-electron chi connectivity index (χ0n) is 16.8. The summed E-state index contributed by atoms with van der Waals surface area (Å²) in [6, 6.07) is 7.53. The molecule has 2 aromatic heterocycles. The van der Waals surface area contributed by atoms with E-state index in [2.05, 4.69) is 16.9 Å². The first-order valence-electron chi connectivity index (χ1n) is 9.22. The van der Waals surface area contributed by atoms with Crippen molar-refractivity contribution in [1.82, 2.24) is 18.7 Å². The molecule has 29 heavy (non-hydrogen) atoms. The van der Waals surface area contributed by atoms with Gasteiger partial charge in [-0.2, -0.15) is 4.98 Å². The fraction of sp³-hybridized carbons (Fsp3) is 0.350. The molecule has 0 unspecified atom stereocenters. The molecule has 0 saturated carbocycles. The lowest BCUT2D eigenvalue weighted by Gasteiger charge is -2.16. The zero-order valence-corrected chi connectivity index (χ0v) is 16.8. The van der Waals surface area contributed by atoms with Crippen molar-refractivity contribution in [2.75, 3.05) is 18.5 Å². The topological polar surface area (TPSA) is 103 Å². The van der Waals surface area contributed by atoms with Gasteiger partial charge in [-0.05, 0) is 18.6 Å². The van der Waals surface area contributed by atoms with Crippen molar-refractivity contribution in [3.05, 3.63) is 63.3 Å². The fourth-order valence-corrected chi connectivity index (χ4v) is 3.09. The van der Waals surface area contributed by atoms with Crippen LogP contribution in [-0.2, 0) is 20.6 Å². The highest BCUT2D eigenvalue weighted by molar-refractivity contribution is 5.74. The number of aliphatic hydroxyl groups excluding tert-OH is 1. The number of aryl methyl sites for hydroxylation is 2. The molecule has 154 valence electrons. The second-order valence-corrected chi connectivity index (χ2v) is 6.82. The Balaban J connectivity index is 1.96. The Hall–Kier alpha value is -3.33. The second kappa shape index (κ2) is 8.36. The molecular weight excluding hydrogens is 374 g/mol. The van der Waals surface area contributed by atoms with E-state index in [0.29, 0.717) is 18.2 Å². The molecule has 0 spiro atoms. The number of nitrogens with one attached hydrogen (secondary N) is 1. The predicted molar refractivity (Wildman–Crippen MR) is 112 cm³/mol. The van der Waals surface area contributed by atoms with Crippen molar-refractivity contribution in [3.63, 3.8) is 0 Å². The maximum Gasteiger partial charge on any atom is 0.332 e. The van der Waals surface area contributed by atoms with Gasteiger partial charge in [-0.1, -0.05) is 24.3 Å². The lowest BCUT2D eigenvalue weighted by molar-refractivity contribution is 0.0935. The van der Waals surface area contributed by atoms with Crippen LogP contribution in [0.3, 0.4) is 0 Å². The van der Waals surface area contributed by atoms with Gasteiger partial charge in [0, 0.05) is 20.6 Å². The van der Waals surface area contributed by atoms with Crippen LogP contribution in [-0.4, -0.2) is 43.0 Å². The lowest BCUT2D eigenvalue weighted by Crippen LogP contribution is -2.38. The Morgan fingerprint density at radius 1 is 1.28 bits per heavy atom. The molecule has 3 aromatic rings. The number of aromatic nitrogens is 4. The van der Waals surface area contributed by atoms with Gasteiger partial charge in [-0.15, -0.1) is 6.58 Å². The Kier molecular flexibility index (Phi) is 5.88. The van der Waals surface area contributed by atoms with Crippen LogP contribution in [0.25, 0.3) is 11.2 Å². The minimum absolute atomic E-state index is 0.0392. The molecule has 0 saturated heterocycles. The number of hydrogen-bond donors (Lipinski definition) is 2. The quantitative estimate of drug-likeness (QED) is 0.543. The molecule has 0 aliphatic rings. The third-order valence-electron chi connectivity index (χ3n) is 4.67. The number of anilines is 1. The van der Waals surface area contributed by atoms with Crippen molar-refractivity contribution in [2.45, 2.75) is 19.6 Å². The Labute approximate surface area is 167 Å². The summed E-state index contributed by atoms with van der Waals surface area (Å²) in [6.45, 7) is 6.10. The number of rotatable bonds is 8. The highest BCUT2D eigenvalue weighted by Gasteiger charge is 2.21. The summed E-state index contributed by atoms with van der Waals surface area (Å²) in [6.07, 6.45) is 0.747. The minimum Gasteiger partial charge on any atom is -0.491 e. The zero-order chi connectivity index (χ0) is 21.1. The van der Waals surface area contributed by atoms with Gasteiger partial charge in [0.25, 0.3) is 5.56 Å². The summed E-state index contributed by atoms with van der Waals surface area (Å²) in [5, 5.41) is 13.6. The van der Waals surface area contributed by atoms with Gasteiger partial charge in [0.1, 0.15) is 18.5 Å². The molecule has 9 nitrogen and oxygen atoms in total. The largest absolute Gasteiger partial charge is 0.491 e. The highest BCUT2D eigenvalue weighted by atomic mass is 16.5. The number of nitrogens with zero attached hydrogens (tertiary/aromatic N) is 4. The predicted octanol–water partition coefficient (Wildman–Crippen LogP) is 0.780. The summed E-state index contributed by atoms with van der Waals surface area (Å²) < 4.78 is 9.62. The van der Waals surface area contributed by atoms with Crippen molar-refractivity contribution in [3.8, 4) is 5.75 Å². The number of benzene rings is 1. The average molecular weight is 399 g/mol. The molecular formula is C20H25N5O4. The van der Waals surface area contributed by atoms with Crippen molar-refractivity contribution < 1.29 is 9.84 Å². The van der Waals surface area contributed by atoms with Gasteiger partial charge >= 0.3 is 5.69 Å². The van der Waals surface area contributed by atoms with Crippen molar-refractivity contribution in [2.24, 2.45) is 14.1 Å². The summed E-state index contributed by atoms with van der Waals surface area (Å²) in [4.78, 5) is 29.4. The average Bonchev–Trinajstić information content (AvgIpc) is 3.06. The van der Waals surface area contributed by atoms with Gasteiger partial charge in [-0.3, -0.25) is 13.9 Å². The van der Waals surface area contributed by atoms with Gasteiger partial charge in [0.15, 0.2) is 11.2 Å². The van der Waals surface area contributed by atoms with Crippen LogP contribution < -0.4 is 21.3 Å². The van der Waals surface area contributed by atoms with E-state index in [0.717, 1.165) is 10.1 Å². The molecule has 3 rings (SSSR count). The van der Waals surface area contributed by atoms with Gasteiger partial charge in [-0.25, -0.2) is 4.79 Å². The molecule has 0 fully saturated rings. The molecule has 0 radical (unpaired) electrons. The van der Waals surface area contributed by atoms with E-state index in [-0.39, 0.29) is 24.3 Å². The van der Waals surface area contributed by atoms with E-state index < -0.39 is 17.4 Å². The normalized spacial score (nSPS) is 12.1. The van der Waals surface area contributed by atoms with Crippen LogP contribution in [0, 0.1) is 6.92 Å². The Morgan fingerprint density at radius 2 is 2.00 bits per heavy atom. The number of hydrogen-bond acceptors (Lipinski definition) is 6. The van der Waals surface area contributed by atoms with Crippen LogP contribution in [0.1, 0.15) is 5.56 Å². The Morgan fingerprint density at radius 3 is 2.69 bits per heavy atom. The van der Waals surface area contributed by atoms with E-state index in [1.807, 2.05) is 31.2 Å². The summed E-state index contributed by atoms with van der Waals surface area (Å²) >= 11 is 0. The molecule has 0 aliphatic heterocycles. The van der Waals surface area contributed by atoms with E-state index in [1.165, 1.54) is 11.6 Å². The summed E-state index contributed by atoms with van der Waals surface area (Å²) in [7, 11) is 2.96. The van der Waals surface area contributed by atoms with E-state index in [4.69, 9.17) is 4.74 Å². The number of ether oxygens (including phenoxy) is 1. The van der Waals surface area contributed by atoms with Gasteiger partial charge < -0.3 is 19.7 Å². The maximum absolute atomic E-state index is 12.7. The van der Waals surface area contributed by atoms with E-state index >= 15 is 0 Å². The molecule has 0 bridgehead atoms. The van der Waals surface area contributed by atoms with Gasteiger partial charge in [0.05, 0.1) is 6.54 Å². The standard InChI is InChI=1S/C20H25N5O4/c1-5-10-21-19-22-17-16(18(27)24(4)20(28)23(17)3)25(19)11-14(26)12-29-15-9-7-6-8-13(15)2/h5-9,14,26H,1,10-12H2,2-4H3,(H,21,22)/t14-/m1/s1. The molecule has 2 N–H and O–H groups in total. The molecule has 0 amide bonds. The summed E-state index contributed by atoms with van der Waals surface area (Å²) in [5.74, 6) is 1.05. The SMILES string of the molecule is C=CCNc1nc2c(c(=O)n(C)c(=O)n2C)n1C[C@@H](O)COc1ccccc1C. The second-order valence-electron chi connectivity index (χ2n) is 6.82. The number of imidazole rings is 1. The van der Waals surface area contributed by atoms with Crippen LogP contribution in [0.15, 0.2) is 46.5 Å². The first-order valence-corrected chi connectivity index (χ1v) is 9.22. The van der Waals surface area contributed by atoms with Gasteiger partial charge in [0.2, 0.25) is 5.95 Å². The van der Waals surface area contributed by atoms with Crippen molar-refractivity contribution >= 4 is 17.1 Å². The smallest absolute Gasteiger partial charge is 0.332 e. The number of para-hydroxylation sites is 1. The van der Waals surface area contributed by atoms with E-state index in [9.17, 15) is 14.7 Å². The van der Waals surface area contributed by atoms with Crippen LogP contribution in [0.2, 0.25) is 0 Å². The third kappa shape index (κ3) is 3.95. The fourth-order valence-electron chi connectivity index (χ4n) is 3.09. The monoisotopic (exact) mass is 399 g/mol. The lowest BCUT2D eigenvalue weighted by atomic mass is 10.2.